The molecule has 0 radical (unpaired) electrons. The van der Waals surface area contributed by atoms with Crippen molar-refractivity contribution in [2.45, 2.75) is 4.90 Å². The fraction of sp³-hybridized carbons (Fsp3) is 0. The summed E-state index contributed by atoms with van der Waals surface area (Å²) in [5.41, 5.74) is 0. The first-order valence-corrected chi connectivity index (χ1v) is 8.53. The minimum atomic E-state index is -4.13. The quantitative estimate of drug-likeness (QED) is 0.0984. The van der Waals surface area contributed by atoms with Crippen LogP contribution >= 0.6 is 0 Å². The smallest absolute Gasteiger partial charge is 0.871 e. The zero-order valence-electron chi connectivity index (χ0n) is 21.8. The maximum atomic E-state index is 11.0. The molecule has 42 heavy (non-hydrogen) atoms. The van der Waals surface area contributed by atoms with Gasteiger partial charge in [-0.05, 0) is 11.5 Å². The van der Waals surface area contributed by atoms with Crippen LogP contribution in [0.2, 0.25) is 0 Å². The van der Waals surface area contributed by atoms with Crippen LogP contribution in [0.1, 0.15) is 0 Å². The molecule has 2 rings (SSSR count). The Balaban J connectivity index is -0.0000000177. The van der Waals surface area contributed by atoms with Gasteiger partial charge in [-0.2, -0.15) is 8.42 Å². The van der Waals surface area contributed by atoms with E-state index < -0.39 is 39.4 Å². The van der Waals surface area contributed by atoms with Crippen LogP contribution < -0.4 is 69.2 Å². The molecule has 0 bridgehead atoms. The molecule has 248 valence electrons. The predicted molar refractivity (Wildman–Crippen MR) is 135 cm³/mol. The van der Waals surface area contributed by atoms with E-state index in [1.54, 1.807) is 30.3 Å². The van der Waals surface area contributed by atoms with E-state index in [4.69, 9.17) is 64.8 Å². The van der Waals surface area contributed by atoms with Gasteiger partial charge in [-0.25, -0.2) is 0 Å². The Morgan fingerprint density at radius 3 is 0.952 bits per heavy atom. The van der Waals surface area contributed by atoms with Gasteiger partial charge < -0.3 is 115 Å². The molecule has 0 amide bonds. The van der Waals surface area contributed by atoms with Gasteiger partial charge in [-0.3, -0.25) is 4.55 Å². The van der Waals surface area contributed by atoms with Crippen LogP contribution in [0.3, 0.4) is 0 Å². The summed E-state index contributed by atoms with van der Waals surface area (Å²) in [6.45, 7) is 0. The van der Waals surface area contributed by atoms with Crippen LogP contribution in [0, 0.1) is 0 Å². The van der Waals surface area contributed by atoms with Crippen molar-refractivity contribution in [3.05, 3.63) is 42.5 Å². The van der Waals surface area contributed by atoms with Gasteiger partial charge in [-0.15, -0.1) is 0 Å². The van der Waals surface area contributed by atoms with Crippen molar-refractivity contribution >= 4 is 50.2 Å². The SMILES string of the molecule is O.O.O.O.O.O.O.O.O.O.O=S(=O)(O)c1cccc2ccccc12.OB(O)O.OB(O)O.OB(O)O.[Na+].[Na+].[O-]B([O-])O. The van der Waals surface area contributed by atoms with Gasteiger partial charge in [0.2, 0.25) is 0 Å². The number of hydrogen-bond acceptors (Lipinski definition) is 14. The van der Waals surface area contributed by atoms with Crippen LogP contribution in [0.5, 0.6) is 0 Å². The monoisotopic (exact) mass is 680 g/mol. The number of hydrogen-bond donors (Lipinski definition) is 11. The summed E-state index contributed by atoms with van der Waals surface area (Å²) in [6.07, 6.45) is 0. The summed E-state index contributed by atoms with van der Waals surface area (Å²) >= 11 is 0. The van der Waals surface area contributed by atoms with Gasteiger partial charge in [0, 0.05) is 5.39 Å². The van der Waals surface area contributed by atoms with Gasteiger partial charge in [0.25, 0.3) is 10.1 Å². The molecule has 0 heterocycles. The Hall–Kier alpha value is -0.0103. The molecule has 2 aromatic rings. The van der Waals surface area contributed by atoms with Crippen LogP contribution in [-0.4, -0.2) is 147 Å². The van der Waals surface area contributed by atoms with E-state index in [0.29, 0.717) is 5.39 Å². The van der Waals surface area contributed by atoms with E-state index in [-0.39, 0.29) is 119 Å². The number of benzene rings is 2. The van der Waals surface area contributed by atoms with E-state index >= 15 is 0 Å². The average Bonchev–Trinajstić information content (AvgIpc) is 2.51. The van der Waals surface area contributed by atoms with Crippen LogP contribution in [0.25, 0.3) is 10.8 Å². The summed E-state index contributed by atoms with van der Waals surface area (Å²) in [6, 6.07) is 11.8. The Kier molecular flexibility index (Phi) is 131. The van der Waals surface area contributed by atoms with Crippen molar-refractivity contribution in [3.8, 4) is 0 Å². The third-order valence-corrected chi connectivity index (χ3v) is 2.94. The van der Waals surface area contributed by atoms with Crippen LogP contribution in [-0.2, 0) is 10.1 Å². The first kappa shape index (κ1) is 96.8. The molecule has 32 heteroatoms. The molecule has 31 N–H and O–H groups in total. The second-order valence-corrected chi connectivity index (χ2v) is 5.69. The van der Waals surface area contributed by atoms with E-state index in [1.165, 1.54) is 6.07 Å². The summed E-state index contributed by atoms with van der Waals surface area (Å²) in [4.78, 5) is -0.0457. The molecule has 2 aromatic carbocycles. The Morgan fingerprint density at radius 2 is 0.714 bits per heavy atom. The molecule has 0 aromatic heterocycles. The Morgan fingerprint density at radius 1 is 0.500 bits per heavy atom. The number of rotatable bonds is 1. The molecular formula is C10H38B4Na2O25S. The van der Waals surface area contributed by atoms with E-state index in [9.17, 15) is 8.42 Å². The normalized spacial score (nSPS) is 6.50. The van der Waals surface area contributed by atoms with Crippen molar-refractivity contribution in [3.63, 3.8) is 0 Å². The molecule has 0 aliphatic carbocycles. The molecule has 0 aliphatic heterocycles. The zero-order valence-corrected chi connectivity index (χ0v) is 26.6. The molecule has 0 aliphatic rings. The summed E-state index contributed by atoms with van der Waals surface area (Å²) in [5.74, 6) is 0. The van der Waals surface area contributed by atoms with Gasteiger partial charge in [0.05, 0.1) is 7.32 Å². The standard InChI is InChI=1S/C10H8O3S.3BH3O3.BHO3.2Na.10H2O/c11-14(12,13)10-7-3-5-8-4-1-2-6-9(8)10;4*2-1(3)4;;;;;;;;;;;;/h1-7H,(H,11,12,13);3*2-4H;2H;;;10*1H2/q;;;;-2;2*+1;;;;;;;;;;. The summed E-state index contributed by atoms with van der Waals surface area (Å²) in [5, 5.41) is 89.8. The summed E-state index contributed by atoms with van der Waals surface area (Å²) in [7, 11) is -13.3. The van der Waals surface area contributed by atoms with Crippen molar-refractivity contribution in [1.29, 1.82) is 0 Å². The Bertz CT molecular complexity index is 752. The predicted octanol–water partition coefficient (Wildman–Crippen LogP) is -21.6. The van der Waals surface area contributed by atoms with Gasteiger partial charge in [-0.1, -0.05) is 36.4 Å². The van der Waals surface area contributed by atoms with Crippen molar-refractivity contribution in [2.75, 3.05) is 0 Å². The minimum absolute atomic E-state index is 0. The maximum Gasteiger partial charge on any atom is 1.00 e. The second-order valence-electron chi connectivity index (χ2n) is 4.30. The zero-order chi connectivity index (χ0) is 24.5. The maximum absolute atomic E-state index is 11.0. The topological polar surface area (TPSA) is 618 Å². The molecule has 0 saturated carbocycles. The first-order valence-electron chi connectivity index (χ1n) is 7.09. The Labute approximate surface area is 283 Å². The van der Waals surface area contributed by atoms with Crippen LogP contribution in [0.15, 0.2) is 47.4 Å². The van der Waals surface area contributed by atoms with Crippen LogP contribution in [0.4, 0.5) is 0 Å². The minimum Gasteiger partial charge on any atom is -0.871 e. The third-order valence-electron chi connectivity index (χ3n) is 2.03. The van der Waals surface area contributed by atoms with E-state index in [1.807, 2.05) is 6.07 Å². The third kappa shape index (κ3) is 83.5. The molecule has 0 atom stereocenters. The molecule has 0 fully saturated rings. The van der Waals surface area contributed by atoms with Crippen molar-refractivity contribution in [1.82, 2.24) is 0 Å². The fourth-order valence-electron chi connectivity index (χ4n) is 1.42. The average molecular weight is 680 g/mol. The fourth-order valence-corrected chi connectivity index (χ4v) is 2.13. The largest absolute Gasteiger partial charge is 1.00 e. The van der Waals surface area contributed by atoms with Gasteiger partial charge >= 0.3 is 81.1 Å². The van der Waals surface area contributed by atoms with E-state index in [0.717, 1.165) is 5.39 Å². The summed E-state index contributed by atoms with van der Waals surface area (Å²) < 4.78 is 31.0. The molecular weight excluding hydrogens is 641 g/mol. The molecule has 0 saturated heterocycles. The molecule has 0 unspecified atom stereocenters. The van der Waals surface area contributed by atoms with Gasteiger partial charge in [0.15, 0.2) is 0 Å². The van der Waals surface area contributed by atoms with Crippen molar-refractivity contribution in [2.24, 2.45) is 0 Å². The van der Waals surface area contributed by atoms with E-state index in [2.05, 4.69) is 0 Å². The van der Waals surface area contributed by atoms with Gasteiger partial charge in [0.1, 0.15) is 4.90 Å². The number of fused-ring (bicyclic) bond motifs is 1. The molecule has 25 nitrogen and oxygen atoms in total. The second kappa shape index (κ2) is 56.7. The van der Waals surface area contributed by atoms with Crippen molar-refractivity contribution < 1.29 is 187 Å². The molecule has 0 spiro atoms. The first-order chi connectivity index (χ1) is 13.5.